The number of aliphatic hydroxyl groups is 1. The normalized spacial score (nSPS) is 41.2. The summed E-state index contributed by atoms with van der Waals surface area (Å²) in [5.41, 5.74) is 0. The summed E-state index contributed by atoms with van der Waals surface area (Å²) in [6.45, 7) is 4.71. The number of hydrogen-bond donors (Lipinski definition) is 2. The van der Waals surface area contributed by atoms with E-state index in [2.05, 4.69) is 12.2 Å². The Morgan fingerprint density at radius 2 is 1.60 bits per heavy atom. The van der Waals surface area contributed by atoms with Crippen molar-refractivity contribution in [2.45, 2.75) is 51.6 Å². The summed E-state index contributed by atoms with van der Waals surface area (Å²) in [4.78, 5) is 0. The fraction of sp³-hybridized carbons (Fsp3) is 1.00. The summed E-state index contributed by atoms with van der Waals surface area (Å²) in [5.74, 6) is 2.64. The monoisotopic (exact) mass is 211 g/mol. The van der Waals surface area contributed by atoms with Gasteiger partial charge in [-0.15, -0.1) is 0 Å². The zero-order valence-electron chi connectivity index (χ0n) is 9.91. The first-order chi connectivity index (χ1) is 7.24. The van der Waals surface area contributed by atoms with E-state index >= 15 is 0 Å². The zero-order valence-corrected chi connectivity index (χ0v) is 9.91. The van der Waals surface area contributed by atoms with Gasteiger partial charge in [0.25, 0.3) is 0 Å². The molecule has 0 aliphatic heterocycles. The Bertz CT molecular complexity index is 181. The molecule has 0 saturated heterocycles. The summed E-state index contributed by atoms with van der Waals surface area (Å²) >= 11 is 0. The smallest absolute Gasteiger partial charge is 0.0546 e. The zero-order chi connectivity index (χ0) is 10.7. The van der Waals surface area contributed by atoms with Crippen molar-refractivity contribution in [1.29, 1.82) is 0 Å². The van der Waals surface area contributed by atoms with Crippen LogP contribution in [-0.4, -0.2) is 24.3 Å². The van der Waals surface area contributed by atoms with Gasteiger partial charge < -0.3 is 10.4 Å². The molecule has 2 saturated carbocycles. The predicted molar refractivity (Wildman–Crippen MR) is 62.7 cm³/mol. The van der Waals surface area contributed by atoms with Crippen molar-refractivity contribution >= 4 is 0 Å². The fourth-order valence-corrected chi connectivity index (χ4v) is 2.89. The van der Waals surface area contributed by atoms with Crippen LogP contribution in [0.1, 0.15) is 45.4 Å². The molecule has 0 radical (unpaired) electrons. The van der Waals surface area contributed by atoms with E-state index in [4.69, 9.17) is 5.11 Å². The molecule has 0 amide bonds. The van der Waals surface area contributed by atoms with E-state index in [9.17, 15) is 0 Å². The Kier molecular flexibility index (Phi) is 4.04. The second kappa shape index (κ2) is 5.31. The summed E-state index contributed by atoms with van der Waals surface area (Å²) in [7, 11) is 0. The van der Waals surface area contributed by atoms with E-state index in [1.807, 2.05) is 0 Å². The summed E-state index contributed by atoms with van der Waals surface area (Å²) in [5, 5.41) is 12.7. The van der Waals surface area contributed by atoms with Crippen LogP contribution in [-0.2, 0) is 0 Å². The first kappa shape index (κ1) is 11.4. The SMILES string of the molecule is CC1CCC(CNCC2CC(O)C2)CC1. The van der Waals surface area contributed by atoms with E-state index in [-0.39, 0.29) is 6.10 Å². The molecule has 2 fully saturated rings. The number of nitrogens with one attached hydrogen (secondary N) is 1. The first-order valence-corrected chi connectivity index (χ1v) is 6.63. The lowest BCUT2D eigenvalue weighted by Crippen LogP contribution is -2.38. The molecule has 2 heteroatoms. The van der Waals surface area contributed by atoms with Crippen molar-refractivity contribution in [2.75, 3.05) is 13.1 Å². The fourth-order valence-electron chi connectivity index (χ4n) is 2.89. The van der Waals surface area contributed by atoms with E-state index in [1.165, 1.54) is 32.2 Å². The average molecular weight is 211 g/mol. The van der Waals surface area contributed by atoms with Crippen LogP contribution in [0.15, 0.2) is 0 Å². The molecule has 0 aromatic heterocycles. The lowest BCUT2D eigenvalue weighted by Gasteiger charge is -2.32. The van der Waals surface area contributed by atoms with E-state index in [0.717, 1.165) is 37.1 Å². The van der Waals surface area contributed by atoms with Crippen molar-refractivity contribution in [2.24, 2.45) is 17.8 Å². The van der Waals surface area contributed by atoms with Crippen molar-refractivity contribution in [3.05, 3.63) is 0 Å². The molecule has 2 aliphatic rings. The van der Waals surface area contributed by atoms with Crippen LogP contribution in [0.3, 0.4) is 0 Å². The van der Waals surface area contributed by atoms with Gasteiger partial charge in [0.1, 0.15) is 0 Å². The predicted octanol–water partition coefficient (Wildman–Crippen LogP) is 2.17. The average Bonchev–Trinajstić information content (AvgIpc) is 2.18. The Morgan fingerprint density at radius 1 is 1.00 bits per heavy atom. The third-order valence-electron chi connectivity index (χ3n) is 4.21. The highest BCUT2D eigenvalue weighted by Gasteiger charge is 2.26. The van der Waals surface area contributed by atoms with Crippen molar-refractivity contribution in [1.82, 2.24) is 5.32 Å². The van der Waals surface area contributed by atoms with Gasteiger partial charge in [-0.25, -0.2) is 0 Å². The third kappa shape index (κ3) is 3.46. The third-order valence-corrected chi connectivity index (χ3v) is 4.21. The van der Waals surface area contributed by atoms with Crippen LogP contribution in [0.2, 0.25) is 0 Å². The van der Waals surface area contributed by atoms with Gasteiger partial charge in [0.05, 0.1) is 6.10 Å². The topological polar surface area (TPSA) is 32.3 Å². The molecule has 15 heavy (non-hydrogen) atoms. The van der Waals surface area contributed by atoms with Crippen molar-refractivity contribution in [3.63, 3.8) is 0 Å². The second-order valence-corrected chi connectivity index (χ2v) is 5.78. The van der Waals surface area contributed by atoms with Crippen LogP contribution in [0.25, 0.3) is 0 Å². The largest absolute Gasteiger partial charge is 0.393 e. The molecule has 88 valence electrons. The molecule has 2 rings (SSSR count). The van der Waals surface area contributed by atoms with Gasteiger partial charge in [-0.1, -0.05) is 19.8 Å². The molecular formula is C13H25NO. The van der Waals surface area contributed by atoms with Gasteiger partial charge in [-0.05, 0) is 56.5 Å². The van der Waals surface area contributed by atoms with Crippen molar-refractivity contribution in [3.8, 4) is 0 Å². The minimum Gasteiger partial charge on any atom is -0.393 e. The van der Waals surface area contributed by atoms with Crippen LogP contribution < -0.4 is 5.32 Å². The molecule has 0 heterocycles. The Hall–Kier alpha value is -0.0800. The first-order valence-electron chi connectivity index (χ1n) is 6.63. The number of hydrogen-bond acceptors (Lipinski definition) is 2. The van der Waals surface area contributed by atoms with Gasteiger partial charge >= 0.3 is 0 Å². The highest BCUT2D eigenvalue weighted by molar-refractivity contribution is 4.81. The number of aliphatic hydroxyl groups excluding tert-OH is 1. The molecule has 0 aromatic carbocycles. The maximum atomic E-state index is 9.17. The van der Waals surface area contributed by atoms with Crippen LogP contribution in [0, 0.1) is 17.8 Å². The molecule has 0 atom stereocenters. The Morgan fingerprint density at radius 3 is 2.20 bits per heavy atom. The Balaban J connectivity index is 1.51. The summed E-state index contributed by atoms with van der Waals surface area (Å²) in [6.07, 6.45) is 7.74. The van der Waals surface area contributed by atoms with Gasteiger partial charge in [-0.2, -0.15) is 0 Å². The van der Waals surface area contributed by atoms with E-state index in [1.54, 1.807) is 0 Å². The Labute approximate surface area is 93.5 Å². The van der Waals surface area contributed by atoms with Gasteiger partial charge in [0.2, 0.25) is 0 Å². The molecule has 0 aromatic rings. The van der Waals surface area contributed by atoms with Gasteiger partial charge in [0.15, 0.2) is 0 Å². The standard InChI is InChI=1S/C13H25NO/c1-10-2-4-11(5-3-10)8-14-9-12-6-13(15)7-12/h10-15H,2-9H2,1H3. The maximum Gasteiger partial charge on any atom is 0.0546 e. The summed E-state index contributed by atoms with van der Waals surface area (Å²) < 4.78 is 0. The van der Waals surface area contributed by atoms with E-state index < -0.39 is 0 Å². The molecule has 2 aliphatic carbocycles. The van der Waals surface area contributed by atoms with Crippen LogP contribution in [0.4, 0.5) is 0 Å². The molecule has 2 N–H and O–H groups in total. The molecule has 2 nitrogen and oxygen atoms in total. The van der Waals surface area contributed by atoms with Gasteiger partial charge in [-0.3, -0.25) is 0 Å². The minimum atomic E-state index is 0.00679. The lowest BCUT2D eigenvalue weighted by molar-refractivity contribution is 0.0424. The number of rotatable bonds is 4. The molecule has 0 bridgehead atoms. The van der Waals surface area contributed by atoms with Crippen LogP contribution in [0.5, 0.6) is 0 Å². The van der Waals surface area contributed by atoms with Gasteiger partial charge in [0, 0.05) is 0 Å². The molecule has 0 spiro atoms. The highest BCUT2D eigenvalue weighted by Crippen LogP contribution is 2.28. The van der Waals surface area contributed by atoms with E-state index in [0.29, 0.717) is 0 Å². The highest BCUT2D eigenvalue weighted by atomic mass is 16.3. The quantitative estimate of drug-likeness (QED) is 0.747. The van der Waals surface area contributed by atoms with Crippen molar-refractivity contribution < 1.29 is 5.11 Å². The maximum absolute atomic E-state index is 9.17. The minimum absolute atomic E-state index is 0.00679. The second-order valence-electron chi connectivity index (χ2n) is 5.78. The van der Waals surface area contributed by atoms with Crippen LogP contribution >= 0.6 is 0 Å². The molecular weight excluding hydrogens is 186 g/mol. The summed E-state index contributed by atoms with van der Waals surface area (Å²) in [6, 6.07) is 0. The molecule has 0 unspecified atom stereocenters. The lowest BCUT2D eigenvalue weighted by atomic mass is 9.81.